The number of likely N-dealkylation sites (tertiary alicyclic amines) is 1. The van der Waals surface area contributed by atoms with Gasteiger partial charge in [-0.05, 0) is 104 Å². The van der Waals surface area contributed by atoms with Gasteiger partial charge in [0.15, 0.2) is 5.82 Å². The summed E-state index contributed by atoms with van der Waals surface area (Å²) in [5, 5.41) is 19.2. The van der Waals surface area contributed by atoms with Crippen molar-refractivity contribution in [2.45, 2.75) is 63.8 Å². The molecule has 5 aromatic rings. The van der Waals surface area contributed by atoms with Crippen LogP contribution in [0.2, 0.25) is 0 Å². The molecule has 1 aliphatic heterocycles. The molecular formula is C35H36N8O. The number of pyridine rings is 2. The summed E-state index contributed by atoms with van der Waals surface area (Å²) >= 11 is 0. The predicted octanol–water partition coefficient (Wildman–Crippen LogP) is 6.03. The Morgan fingerprint density at radius 3 is 2.61 bits per heavy atom. The van der Waals surface area contributed by atoms with Gasteiger partial charge in [0.05, 0.1) is 11.6 Å². The van der Waals surface area contributed by atoms with Crippen molar-refractivity contribution in [3.8, 4) is 34.4 Å². The standard InChI is InChI=1S/C35H36N8O/c1-21-4-3-11-42(17-21)18-26-15-28-30(23-6-7-23)19-43(35(44)33(28)38-26)32-14-25(13-31(39-32)24-8-9-24)27-10-5-22(16-36)12-29(27)34-40-37-20-41(34)2/h5,10,12-15,19-21,23-24,38H,3-4,6-9,11,17-18H2,1-2H3/t21-/m0/s1. The van der Waals surface area contributed by atoms with E-state index in [1.165, 1.54) is 18.4 Å². The number of aromatic nitrogens is 6. The highest BCUT2D eigenvalue weighted by Gasteiger charge is 2.30. The number of aromatic amines is 1. The number of aryl methyl sites for hydroxylation is 1. The van der Waals surface area contributed by atoms with Crippen molar-refractivity contribution in [1.82, 2.24) is 34.2 Å². The fourth-order valence-corrected chi connectivity index (χ4v) is 6.92. The van der Waals surface area contributed by atoms with Crippen molar-refractivity contribution in [2.75, 3.05) is 13.1 Å². The first-order chi connectivity index (χ1) is 21.4. The quantitative estimate of drug-likeness (QED) is 0.250. The second kappa shape index (κ2) is 10.6. The van der Waals surface area contributed by atoms with Crippen LogP contribution in [0.5, 0.6) is 0 Å². The van der Waals surface area contributed by atoms with Gasteiger partial charge in [0.2, 0.25) is 0 Å². The highest BCUT2D eigenvalue weighted by Crippen LogP contribution is 2.44. The topological polar surface area (TPSA) is 108 Å². The zero-order valence-corrected chi connectivity index (χ0v) is 25.3. The van der Waals surface area contributed by atoms with Gasteiger partial charge in [-0.1, -0.05) is 13.0 Å². The van der Waals surface area contributed by atoms with E-state index in [0.717, 1.165) is 78.8 Å². The number of rotatable bonds is 7. The highest BCUT2D eigenvalue weighted by atomic mass is 16.1. The minimum atomic E-state index is -0.0672. The van der Waals surface area contributed by atoms with E-state index < -0.39 is 0 Å². The van der Waals surface area contributed by atoms with Crippen molar-refractivity contribution in [2.24, 2.45) is 13.0 Å². The summed E-state index contributed by atoms with van der Waals surface area (Å²) in [6, 6.07) is 14.3. The van der Waals surface area contributed by atoms with Gasteiger partial charge >= 0.3 is 0 Å². The van der Waals surface area contributed by atoms with Crippen LogP contribution in [-0.2, 0) is 13.6 Å². The van der Waals surface area contributed by atoms with Crippen LogP contribution < -0.4 is 5.56 Å². The fraction of sp³-hybridized carbons (Fsp3) is 0.400. The van der Waals surface area contributed by atoms with Gasteiger partial charge in [-0.3, -0.25) is 14.3 Å². The Hall–Kier alpha value is -4.55. The Morgan fingerprint density at radius 1 is 1.05 bits per heavy atom. The third-order valence-corrected chi connectivity index (χ3v) is 9.52. The van der Waals surface area contributed by atoms with Crippen LogP contribution in [0.15, 0.2) is 53.7 Å². The van der Waals surface area contributed by atoms with E-state index >= 15 is 0 Å². The number of nitrogens with one attached hydrogen (secondary N) is 1. The van der Waals surface area contributed by atoms with Crippen molar-refractivity contribution in [3.05, 3.63) is 81.8 Å². The zero-order valence-electron chi connectivity index (χ0n) is 25.3. The number of nitrogens with zero attached hydrogens (tertiary/aromatic N) is 7. The average Bonchev–Trinajstić information content (AvgIpc) is 3.96. The predicted molar refractivity (Wildman–Crippen MR) is 169 cm³/mol. The Balaban J connectivity index is 1.27. The molecule has 2 aliphatic carbocycles. The summed E-state index contributed by atoms with van der Waals surface area (Å²) in [4.78, 5) is 25.4. The summed E-state index contributed by atoms with van der Waals surface area (Å²) < 4.78 is 3.62. The molecule has 1 atom stereocenters. The van der Waals surface area contributed by atoms with E-state index in [-0.39, 0.29) is 5.56 Å². The lowest BCUT2D eigenvalue weighted by Gasteiger charge is -2.30. The Labute approximate surface area is 256 Å². The van der Waals surface area contributed by atoms with Crippen LogP contribution in [-0.4, -0.2) is 47.3 Å². The molecule has 0 amide bonds. The van der Waals surface area contributed by atoms with Gasteiger partial charge in [0.1, 0.15) is 17.7 Å². The number of benzene rings is 1. The van der Waals surface area contributed by atoms with Crippen molar-refractivity contribution in [1.29, 1.82) is 5.26 Å². The molecule has 8 rings (SSSR count). The fourth-order valence-electron chi connectivity index (χ4n) is 6.92. The minimum Gasteiger partial charge on any atom is -0.353 e. The summed E-state index contributed by atoms with van der Waals surface area (Å²) in [6.45, 7) is 5.37. The maximum absolute atomic E-state index is 14.2. The van der Waals surface area contributed by atoms with E-state index in [2.05, 4.69) is 45.2 Å². The molecule has 1 N–H and O–H groups in total. The molecular weight excluding hydrogens is 548 g/mol. The van der Waals surface area contributed by atoms with Crippen LogP contribution in [0.3, 0.4) is 0 Å². The normalized spacial score (nSPS) is 19.0. The number of hydrogen-bond donors (Lipinski definition) is 1. The summed E-state index contributed by atoms with van der Waals surface area (Å²) in [6.07, 6.45) is 10.7. The Morgan fingerprint density at radius 2 is 1.89 bits per heavy atom. The average molecular weight is 585 g/mol. The van der Waals surface area contributed by atoms with Gasteiger partial charge in [-0.2, -0.15) is 5.26 Å². The summed E-state index contributed by atoms with van der Waals surface area (Å²) in [5.41, 5.74) is 7.20. The molecule has 0 bridgehead atoms. The molecule has 2 saturated carbocycles. The molecule has 9 nitrogen and oxygen atoms in total. The number of fused-ring (bicyclic) bond motifs is 1. The molecule has 5 heterocycles. The first-order valence-corrected chi connectivity index (χ1v) is 15.9. The molecule has 1 saturated heterocycles. The van der Waals surface area contributed by atoms with Crippen LogP contribution in [0.4, 0.5) is 0 Å². The maximum atomic E-state index is 14.2. The van der Waals surface area contributed by atoms with E-state index in [4.69, 9.17) is 4.98 Å². The van der Waals surface area contributed by atoms with E-state index in [0.29, 0.717) is 40.5 Å². The number of H-pyrrole nitrogens is 1. The molecule has 0 spiro atoms. The van der Waals surface area contributed by atoms with E-state index in [1.54, 1.807) is 10.9 Å². The molecule has 0 radical (unpaired) electrons. The van der Waals surface area contributed by atoms with Crippen molar-refractivity contribution >= 4 is 10.9 Å². The lowest BCUT2D eigenvalue weighted by atomic mass is 9.96. The summed E-state index contributed by atoms with van der Waals surface area (Å²) in [5.74, 6) is 2.87. The largest absolute Gasteiger partial charge is 0.353 e. The lowest BCUT2D eigenvalue weighted by Crippen LogP contribution is -2.33. The molecule has 44 heavy (non-hydrogen) atoms. The third-order valence-electron chi connectivity index (χ3n) is 9.52. The molecule has 1 aromatic carbocycles. The minimum absolute atomic E-state index is 0.0672. The van der Waals surface area contributed by atoms with Crippen LogP contribution in [0, 0.1) is 17.2 Å². The van der Waals surface area contributed by atoms with Gasteiger partial charge in [0, 0.05) is 54.6 Å². The molecule has 3 fully saturated rings. The number of piperidine rings is 1. The molecule has 0 unspecified atom stereocenters. The Kier molecular flexibility index (Phi) is 6.49. The second-order valence-electron chi connectivity index (χ2n) is 13.2. The zero-order chi connectivity index (χ0) is 29.9. The van der Waals surface area contributed by atoms with E-state index in [1.807, 2.05) is 42.1 Å². The monoisotopic (exact) mass is 584 g/mol. The van der Waals surface area contributed by atoms with Gasteiger partial charge in [-0.15, -0.1) is 10.2 Å². The smallest absolute Gasteiger partial charge is 0.280 e. The highest BCUT2D eigenvalue weighted by molar-refractivity contribution is 5.85. The van der Waals surface area contributed by atoms with Gasteiger partial charge in [0.25, 0.3) is 5.56 Å². The maximum Gasteiger partial charge on any atom is 0.280 e. The van der Waals surface area contributed by atoms with Crippen LogP contribution in [0.25, 0.3) is 39.2 Å². The Bertz CT molecular complexity index is 2000. The first-order valence-electron chi connectivity index (χ1n) is 15.9. The molecule has 222 valence electrons. The second-order valence-corrected chi connectivity index (χ2v) is 13.2. The SMILES string of the molecule is C[C@H]1CCCN(Cc2cc3c(C4CC4)cn(-c4cc(-c5ccc(C#N)cc5-c5nncn5C)cc(C5CC5)n4)c(=O)c3[nH]2)C1. The molecule has 3 aliphatic rings. The van der Waals surface area contributed by atoms with Crippen LogP contribution >= 0.6 is 0 Å². The van der Waals surface area contributed by atoms with Gasteiger partial charge in [-0.25, -0.2) is 4.98 Å². The van der Waals surface area contributed by atoms with E-state index in [9.17, 15) is 10.1 Å². The van der Waals surface area contributed by atoms with Crippen LogP contribution in [0.1, 0.15) is 79.8 Å². The van der Waals surface area contributed by atoms with Crippen molar-refractivity contribution < 1.29 is 0 Å². The molecule has 9 heteroatoms. The number of nitriles is 1. The summed E-state index contributed by atoms with van der Waals surface area (Å²) in [7, 11) is 1.90. The molecule has 4 aromatic heterocycles. The van der Waals surface area contributed by atoms with Crippen molar-refractivity contribution in [3.63, 3.8) is 0 Å². The number of hydrogen-bond acceptors (Lipinski definition) is 6. The van der Waals surface area contributed by atoms with Gasteiger partial charge < -0.3 is 9.55 Å². The lowest BCUT2D eigenvalue weighted by molar-refractivity contribution is 0.175. The third kappa shape index (κ3) is 4.93. The first kappa shape index (κ1) is 27.0.